The lowest BCUT2D eigenvalue weighted by Gasteiger charge is -2.33. The molecule has 1 fully saturated rings. The summed E-state index contributed by atoms with van der Waals surface area (Å²) in [5.74, 6) is 2.66. The molecule has 2 heterocycles. The van der Waals surface area contributed by atoms with Crippen molar-refractivity contribution in [1.82, 2.24) is 9.97 Å². The second-order valence-corrected chi connectivity index (χ2v) is 4.38. The zero-order valence-electron chi connectivity index (χ0n) is 10.1. The van der Waals surface area contributed by atoms with Crippen molar-refractivity contribution in [2.45, 2.75) is 26.2 Å². The predicted octanol–water partition coefficient (Wildman–Crippen LogP) is 2.14. The van der Waals surface area contributed by atoms with Crippen LogP contribution in [0.15, 0.2) is 12.4 Å². The molecule has 1 aliphatic rings. The molecule has 0 amide bonds. The first kappa shape index (κ1) is 11.2. The monoisotopic (exact) mass is 220 g/mol. The molecule has 0 bridgehead atoms. The van der Waals surface area contributed by atoms with Crippen LogP contribution < -0.4 is 10.2 Å². The molecule has 0 radical (unpaired) electrons. The highest BCUT2D eigenvalue weighted by atomic mass is 15.2. The summed E-state index contributed by atoms with van der Waals surface area (Å²) in [4.78, 5) is 11.1. The number of hydrogen-bond donors (Lipinski definition) is 1. The van der Waals surface area contributed by atoms with Crippen LogP contribution in [0.25, 0.3) is 0 Å². The highest BCUT2D eigenvalue weighted by Gasteiger charge is 2.19. The Hall–Kier alpha value is -1.32. The Labute approximate surface area is 97.1 Å². The van der Waals surface area contributed by atoms with E-state index in [0.717, 1.165) is 30.6 Å². The maximum atomic E-state index is 4.54. The third-order valence-electron chi connectivity index (χ3n) is 3.30. The van der Waals surface area contributed by atoms with Crippen LogP contribution in [0.1, 0.15) is 26.2 Å². The van der Waals surface area contributed by atoms with E-state index in [2.05, 4.69) is 27.1 Å². The summed E-state index contributed by atoms with van der Waals surface area (Å²) < 4.78 is 0. The molecule has 1 aromatic rings. The van der Waals surface area contributed by atoms with Crippen LogP contribution >= 0.6 is 0 Å². The van der Waals surface area contributed by atoms with Gasteiger partial charge in [-0.25, -0.2) is 4.98 Å². The zero-order chi connectivity index (χ0) is 11.4. The van der Waals surface area contributed by atoms with Gasteiger partial charge in [-0.2, -0.15) is 0 Å². The minimum absolute atomic E-state index is 0.814. The molecule has 0 aromatic carbocycles. The van der Waals surface area contributed by atoms with Crippen molar-refractivity contribution < 1.29 is 0 Å². The Morgan fingerprint density at radius 3 is 3.12 bits per heavy atom. The van der Waals surface area contributed by atoms with E-state index in [1.165, 1.54) is 19.3 Å². The van der Waals surface area contributed by atoms with Crippen LogP contribution in [0.2, 0.25) is 0 Å². The summed E-state index contributed by atoms with van der Waals surface area (Å²) in [7, 11) is 1.87. The van der Waals surface area contributed by atoms with E-state index < -0.39 is 0 Å². The van der Waals surface area contributed by atoms with Gasteiger partial charge in [-0.1, -0.05) is 13.3 Å². The normalized spacial score (nSPS) is 20.9. The molecule has 1 saturated heterocycles. The second kappa shape index (κ2) is 5.14. The van der Waals surface area contributed by atoms with Crippen LogP contribution in [-0.2, 0) is 0 Å². The second-order valence-electron chi connectivity index (χ2n) is 4.38. The number of nitrogens with zero attached hydrogens (tertiary/aromatic N) is 3. The van der Waals surface area contributed by atoms with Crippen LogP contribution in [0.3, 0.4) is 0 Å². The Balaban J connectivity index is 2.10. The van der Waals surface area contributed by atoms with Gasteiger partial charge in [0.25, 0.3) is 0 Å². The van der Waals surface area contributed by atoms with Gasteiger partial charge in [-0.15, -0.1) is 0 Å². The minimum atomic E-state index is 0.814. The number of piperidine rings is 1. The van der Waals surface area contributed by atoms with E-state index in [-0.39, 0.29) is 0 Å². The molecule has 1 N–H and O–H groups in total. The third kappa shape index (κ3) is 2.43. The average Bonchev–Trinajstić information content (AvgIpc) is 2.39. The number of rotatable bonds is 3. The van der Waals surface area contributed by atoms with Crippen molar-refractivity contribution in [3.63, 3.8) is 0 Å². The van der Waals surface area contributed by atoms with Crippen molar-refractivity contribution in [2.24, 2.45) is 5.92 Å². The van der Waals surface area contributed by atoms with E-state index in [4.69, 9.17) is 0 Å². The van der Waals surface area contributed by atoms with Crippen LogP contribution in [0.4, 0.5) is 11.6 Å². The molecule has 0 saturated carbocycles. The van der Waals surface area contributed by atoms with Crippen molar-refractivity contribution >= 4 is 11.6 Å². The summed E-state index contributed by atoms with van der Waals surface area (Å²) in [6, 6.07) is 0. The molecular formula is C12H20N4. The first-order chi connectivity index (χ1) is 7.83. The summed E-state index contributed by atoms with van der Waals surface area (Å²) in [6.07, 6.45) is 7.50. The summed E-state index contributed by atoms with van der Waals surface area (Å²) in [5.41, 5.74) is 0. The fourth-order valence-electron chi connectivity index (χ4n) is 2.23. The molecule has 1 unspecified atom stereocenters. The average molecular weight is 220 g/mol. The van der Waals surface area contributed by atoms with E-state index in [0.29, 0.717) is 0 Å². The molecule has 0 spiro atoms. The molecule has 4 nitrogen and oxygen atoms in total. The van der Waals surface area contributed by atoms with Crippen LogP contribution in [0, 0.1) is 5.92 Å². The van der Waals surface area contributed by atoms with Gasteiger partial charge in [0, 0.05) is 20.1 Å². The minimum Gasteiger partial charge on any atom is -0.372 e. The highest BCUT2D eigenvalue weighted by molar-refractivity contribution is 5.43. The first-order valence-corrected chi connectivity index (χ1v) is 6.08. The van der Waals surface area contributed by atoms with E-state index in [9.17, 15) is 0 Å². The number of aromatic nitrogens is 2. The molecule has 1 atom stereocenters. The van der Waals surface area contributed by atoms with Crippen LogP contribution in [-0.4, -0.2) is 30.1 Å². The Bertz CT molecular complexity index is 340. The largest absolute Gasteiger partial charge is 0.372 e. The number of hydrogen-bond acceptors (Lipinski definition) is 4. The molecule has 4 heteroatoms. The van der Waals surface area contributed by atoms with E-state index in [1.807, 2.05) is 13.2 Å². The summed E-state index contributed by atoms with van der Waals surface area (Å²) >= 11 is 0. The molecule has 2 rings (SSSR count). The van der Waals surface area contributed by atoms with Gasteiger partial charge in [0.05, 0.1) is 12.4 Å². The number of anilines is 2. The van der Waals surface area contributed by atoms with Crippen molar-refractivity contribution in [2.75, 3.05) is 30.4 Å². The summed E-state index contributed by atoms with van der Waals surface area (Å²) in [5, 5.41) is 3.03. The SMILES string of the molecule is CCC1CCCN(c2cncc(NC)n2)C1. The van der Waals surface area contributed by atoms with Gasteiger partial charge < -0.3 is 10.2 Å². The Kier molecular flexibility index (Phi) is 3.59. The lowest BCUT2D eigenvalue weighted by Crippen LogP contribution is -2.35. The van der Waals surface area contributed by atoms with Gasteiger partial charge in [0.1, 0.15) is 11.6 Å². The fraction of sp³-hybridized carbons (Fsp3) is 0.667. The van der Waals surface area contributed by atoms with E-state index >= 15 is 0 Å². The lowest BCUT2D eigenvalue weighted by atomic mass is 9.96. The Morgan fingerprint density at radius 1 is 1.50 bits per heavy atom. The van der Waals surface area contributed by atoms with Crippen molar-refractivity contribution in [3.05, 3.63) is 12.4 Å². The molecule has 1 aromatic heterocycles. The van der Waals surface area contributed by atoms with E-state index in [1.54, 1.807) is 6.20 Å². The van der Waals surface area contributed by atoms with Crippen molar-refractivity contribution in [3.8, 4) is 0 Å². The maximum absolute atomic E-state index is 4.54. The summed E-state index contributed by atoms with van der Waals surface area (Å²) in [6.45, 7) is 4.50. The molecular weight excluding hydrogens is 200 g/mol. The quantitative estimate of drug-likeness (QED) is 0.847. The maximum Gasteiger partial charge on any atom is 0.149 e. The molecule has 16 heavy (non-hydrogen) atoms. The molecule has 88 valence electrons. The van der Waals surface area contributed by atoms with Crippen molar-refractivity contribution in [1.29, 1.82) is 0 Å². The zero-order valence-corrected chi connectivity index (χ0v) is 10.1. The van der Waals surface area contributed by atoms with Crippen LogP contribution in [0.5, 0.6) is 0 Å². The fourth-order valence-corrected chi connectivity index (χ4v) is 2.23. The van der Waals surface area contributed by atoms with Gasteiger partial charge >= 0.3 is 0 Å². The van der Waals surface area contributed by atoms with Gasteiger partial charge in [-0.3, -0.25) is 4.98 Å². The van der Waals surface area contributed by atoms with Gasteiger partial charge in [0.2, 0.25) is 0 Å². The highest BCUT2D eigenvalue weighted by Crippen LogP contribution is 2.23. The number of nitrogens with one attached hydrogen (secondary N) is 1. The Morgan fingerprint density at radius 2 is 2.38 bits per heavy atom. The predicted molar refractivity (Wildman–Crippen MR) is 66.8 cm³/mol. The van der Waals surface area contributed by atoms with Gasteiger partial charge in [0.15, 0.2) is 0 Å². The third-order valence-corrected chi connectivity index (χ3v) is 3.30. The first-order valence-electron chi connectivity index (χ1n) is 6.08. The van der Waals surface area contributed by atoms with Gasteiger partial charge in [-0.05, 0) is 18.8 Å². The topological polar surface area (TPSA) is 41.1 Å². The lowest BCUT2D eigenvalue weighted by molar-refractivity contribution is 0.403. The standard InChI is InChI=1S/C12H20N4/c1-3-10-5-4-6-16(9-10)12-8-14-7-11(13-2)15-12/h7-8,10H,3-6,9H2,1-2H3,(H,13,15). The molecule has 1 aliphatic heterocycles. The molecule has 0 aliphatic carbocycles. The smallest absolute Gasteiger partial charge is 0.149 e.